The van der Waals surface area contributed by atoms with E-state index in [4.69, 9.17) is 10.2 Å². The maximum atomic E-state index is 9.14. The maximum absolute atomic E-state index is 9.14. The molecule has 2 aromatic rings. The third-order valence-corrected chi connectivity index (χ3v) is 5.23. The van der Waals surface area contributed by atoms with E-state index < -0.39 is 0 Å². The molecule has 2 fully saturated rings. The van der Waals surface area contributed by atoms with Crippen LogP contribution >= 0.6 is 0 Å². The Balaban J connectivity index is 1.76. The normalized spacial score (nSPS) is 17.1. The molecule has 10 heteroatoms. The van der Waals surface area contributed by atoms with Crippen molar-refractivity contribution in [1.82, 2.24) is 19.9 Å². The average Bonchev–Trinajstić information content (AvgIpc) is 2.64. The predicted molar refractivity (Wildman–Crippen MR) is 109 cm³/mol. The van der Waals surface area contributed by atoms with Gasteiger partial charge in [0.25, 0.3) is 0 Å². The molecule has 0 atom stereocenters. The molecule has 2 saturated carbocycles. The summed E-state index contributed by atoms with van der Waals surface area (Å²) in [6, 6.07) is 0.770. The lowest BCUT2D eigenvalue weighted by atomic mass is 9.93. The van der Waals surface area contributed by atoms with Crippen molar-refractivity contribution in [3.8, 4) is 0 Å². The van der Waals surface area contributed by atoms with Crippen LogP contribution < -0.4 is 21.3 Å². The predicted octanol–water partition coefficient (Wildman–Crippen LogP) is 1.16. The van der Waals surface area contributed by atoms with Gasteiger partial charge in [-0.2, -0.15) is 9.97 Å². The molecule has 152 valence electrons. The zero-order chi connectivity index (χ0) is 19.3. The molecule has 2 aromatic heterocycles. The number of aromatic nitrogens is 4. The van der Waals surface area contributed by atoms with Crippen LogP contribution in [0.1, 0.15) is 38.5 Å². The van der Waals surface area contributed by atoms with E-state index >= 15 is 0 Å². The lowest BCUT2D eigenvalue weighted by molar-refractivity contribution is 0.310. The molecule has 10 nitrogen and oxygen atoms in total. The lowest BCUT2D eigenvalue weighted by Gasteiger charge is -2.29. The second-order valence-corrected chi connectivity index (χ2v) is 7.33. The summed E-state index contributed by atoms with van der Waals surface area (Å²) in [5, 5.41) is 31.3. The standard InChI is InChI=1S/C18H28N8O2/c27-9-7-19-17-24-14-13(15(25-17)21-11-3-1-4-11)23-18(20-8-10-28)26-16(14)22-12-5-2-6-12/h11-12,27-28H,1-10H2,(H2,19,21,24,25)(H2,20,22,23,26). The highest BCUT2D eigenvalue weighted by molar-refractivity contribution is 5.94. The summed E-state index contributed by atoms with van der Waals surface area (Å²) >= 11 is 0. The molecule has 28 heavy (non-hydrogen) atoms. The van der Waals surface area contributed by atoms with Crippen LogP contribution in [0.25, 0.3) is 11.0 Å². The molecule has 0 radical (unpaired) electrons. The smallest absolute Gasteiger partial charge is 0.225 e. The Morgan fingerprint density at radius 2 is 1.11 bits per heavy atom. The highest BCUT2D eigenvalue weighted by Gasteiger charge is 2.24. The van der Waals surface area contributed by atoms with Gasteiger partial charge in [-0.25, -0.2) is 9.97 Å². The Bertz CT molecular complexity index is 743. The second kappa shape index (κ2) is 8.70. The van der Waals surface area contributed by atoms with Crippen molar-refractivity contribution in [3.05, 3.63) is 0 Å². The Labute approximate surface area is 163 Å². The van der Waals surface area contributed by atoms with E-state index in [-0.39, 0.29) is 13.2 Å². The van der Waals surface area contributed by atoms with Crippen LogP contribution in [0.15, 0.2) is 0 Å². The molecule has 0 unspecified atom stereocenters. The summed E-state index contributed by atoms with van der Waals surface area (Å²) in [7, 11) is 0. The molecule has 0 amide bonds. The van der Waals surface area contributed by atoms with E-state index in [2.05, 4.69) is 41.2 Å². The Hall–Kier alpha value is -2.46. The van der Waals surface area contributed by atoms with Crippen molar-refractivity contribution in [2.45, 2.75) is 50.6 Å². The van der Waals surface area contributed by atoms with E-state index in [1.807, 2.05) is 0 Å². The third kappa shape index (κ3) is 4.17. The van der Waals surface area contributed by atoms with Crippen LogP contribution in [0.4, 0.5) is 23.5 Å². The molecule has 0 bridgehead atoms. The van der Waals surface area contributed by atoms with E-state index in [1.165, 1.54) is 12.8 Å². The molecule has 2 aliphatic rings. The van der Waals surface area contributed by atoms with Gasteiger partial charge in [0.15, 0.2) is 11.6 Å². The largest absolute Gasteiger partial charge is 0.395 e. The lowest BCUT2D eigenvalue weighted by Crippen LogP contribution is -2.29. The first-order valence-corrected chi connectivity index (χ1v) is 10.1. The van der Waals surface area contributed by atoms with Gasteiger partial charge in [0.1, 0.15) is 11.0 Å². The Morgan fingerprint density at radius 3 is 1.43 bits per heavy atom. The zero-order valence-electron chi connectivity index (χ0n) is 15.9. The topological polar surface area (TPSA) is 140 Å². The van der Waals surface area contributed by atoms with Crippen molar-refractivity contribution >= 4 is 34.6 Å². The first kappa shape index (κ1) is 18.9. The van der Waals surface area contributed by atoms with Gasteiger partial charge >= 0.3 is 0 Å². The number of anilines is 4. The van der Waals surface area contributed by atoms with Crippen molar-refractivity contribution in [1.29, 1.82) is 0 Å². The number of rotatable bonds is 10. The number of nitrogens with one attached hydrogen (secondary N) is 4. The van der Waals surface area contributed by atoms with Crippen LogP contribution in [-0.4, -0.2) is 68.5 Å². The molecule has 4 rings (SSSR count). The van der Waals surface area contributed by atoms with Gasteiger partial charge in [-0.15, -0.1) is 0 Å². The van der Waals surface area contributed by atoms with Gasteiger partial charge in [-0.05, 0) is 38.5 Å². The molecule has 0 spiro atoms. The summed E-state index contributed by atoms with van der Waals surface area (Å²) < 4.78 is 0. The number of aliphatic hydroxyl groups excluding tert-OH is 2. The number of hydrogen-bond donors (Lipinski definition) is 6. The summed E-state index contributed by atoms with van der Waals surface area (Å²) in [6.07, 6.45) is 6.86. The molecular weight excluding hydrogens is 360 g/mol. The summed E-state index contributed by atoms with van der Waals surface area (Å²) in [5.41, 5.74) is 1.30. The molecule has 2 aliphatic carbocycles. The van der Waals surface area contributed by atoms with Crippen LogP contribution in [0.5, 0.6) is 0 Å². The van der Waals surface area contributed by atoms with Crippen LogP contribution in [0.3, 0.4) is 0 Å². The van der Waals surface area contributed by atoms with Gasteiger partial charge in [-0.1, -0.05) is 0 Å². The molecule has 0 aliphatic heterocycles. The third-order valence-electron chi connectivity index (χ3n) is 5.23. The number of fused-ring (bicyclic) bond motifs is 1. The first-order valence-electron chi connectivity index (χ1n) is 10.1. The number of hydrogen-bond acceptors (Lipinski definition) is 10. The fraction of sp³-hybridized carbons (Fsp3) is 0.667. The van der Waals surface area contributed by atoms with Crippen LogP contribution in [0, 0.1) is 0 Å². The second-order valence-electron chi connectivity index (χ2n) is 7.33. The minimum Gasteiger partial charge on any atom is -0.395 e. The Morgan fingerprint density at radius 1 is 0.679 bits per heavy atom. The fourth-order valence-corrected chi connectivity index (χ4v) is 3.20. The van der Waals surface area contributed by atoms with Crippen molar-refractivity contribution in [2.24, 2.45) is 0 Å². The summed E-state index contributed by atoms with van der Waals surface area (Å²) in [5.74, 6) is 2.22. The molecular formula is C18H28N8O2. The number of nitrogens with zero attached hydrogens (tertiary/aromatic N) is 4. The molecule has 0 aromatic carbocycles. The highest BCUT2D eigenvalue weighted by Crippen LogP contribution is 2.32. The van der Waals surface area contributed by atoms with Gasteiger partial charge in [0, 0.05) is 25.2 Å². The molecule has 0 saturated heterocycles. The summed E-state index contributed by atoms with van der Waals surface area (Å²) in [6.45, 7) is 0.745. The van der Waals surface area contributed by atoms with Crippen molar-refractivity contribution in [2.75, 3.05) is 47.6 Å². The van der Waals surface area contributed by atoms with E-state index in [0.717, 1.165) is 25.7 Å². The molecule has 6 N–H and O–H groups in total. The zero-order valence-corrected chi connectivity index (χ0v) is 15.9. The van der Waals surface area contributed by atoms with Crippen molar-refractivity contribution < 1.29 is 10.2 Å². The SMILES string of the molecule is OCCNc1nc(NC2CCC2)c2nc(NCCO)nc(NC3CCC3)c2n1. The Kier molecular flexibility index (Phi) is 5.87. The molecule has 2 heterocycles. The van der Waals surface area contributed by atoms with Crippen LogP contribution in [-0.2, 0) is 0 Å². The quantitative estimate of drug-likeness (QED) is 0.351. The minimum atomic E-state index is 0.000479. The summed E-state index contributed by atoms with van der Waals surface area (Å²) in [4.78, 5) is 18.4. The maximum Gasteiger partial charge on any atom is 0.225 e. The van der Waals surface area contributed by atoms with Gasteiger partial charge < -0.3 is 31.5 Å². The first-order chi connectivity index (χ1) is 13.8. The van der Waals surface area contributed by atoms with Gasteiger partial charge in [0.2, 0.25) is 11.9 Å². The van der Waals surface area contributed by atoms with Gasteiger partial charge in [-0.3, -0.25) is 0 Å². The average molecular weight is 388 g/mol. The van der Waals surface area contributed by atoms with Gasteiger partial charge in [0.05, 0.1) is 13.2 Å². The fourth-order valence-electron chi connectivity index (χ4n) is 3.20. The van der Waals surface area contributed by atoms with E-state index in [9.17, 15) is 0 Å². The minimum absolute atomic E-state index is 0.000479. The monoisotopic (exact) mass is 388 g/mol. The van der Waals surface area contributed by atoms with E-state index in [1.54, 1.807) is 0 Å². The van der Waals surface area contributed by atoms with Crippen molar-refractivity contribution in [3.63, 3.8) is 0 Å². The van der Waals surface area contributed by atoms with Crippen LogP contribution in [0.2, 0.25) is 0 Å². The number of aliphatic hydroxyl groups is 2. The van der Waals surface area contributed by atoms with E-state index in [0.29, 0.717) is 59.7 Å². The highest BCUT2D eigenvalue weighted by atomic mass is 16.3.